The first kappa shape index (κ1) is 14.4. The van der Waals surface area contributed by atoms with Gasteiger partial charge < -0.3 is 15.8 Å². The van der Waals surface area contributed by atoms with Crippen LogP contribution in [0.2, 0.25) is 0 Å². The standard InChI is InChI=1S/C11H24N2O2/c1-5-9(3)13-10(14)7-15-8-11(4,12)6-2/h9H,5-8,12H2,1-4H3,(H,13,14). The normalized spacial score (nSPS) is 16.9. The molecule has 0 aliphatic rings. The van der Waals surface area contributed by atoms with Gasteiger partial charge in [0.25, 0.3) is 0 Å². The van der Waals surface area contributed by atoms with E-state index in [1.54, 1.807) is 0 Å². The Hall–Kier alpha value is -0.610. The van der Waals surface area contributed by atoms with Crippen LogP contribution in [0.3, 0.4) is 0 Å². The van der Waals surface area contributed by atoms with Gasteiger partial charge in [-0.1, -0.05) is 13.8 Å². The van der Waals surface area contributed by atoms with E-state index >= 15 is 0 Å². The third kappa shape index (κ3) is 7.33. The number of nitrogens with one attached hydrogen (secondary N) is 1. The first-order chi connectivity index (χ1) is 6.91. The van der Waals surface area contributed by atoms with Crippen molar-refractivity contribution in [3.8, 4) is 0 Å². The lowest BCUT2D eigenvalue weighted by molar-refractivity contribution is -0.126. The van der Waals surface area contributed by atoms with Crippen LogP contribution in [0.5, 0.6) is 0 Å². The first-order valence-electron chi connectivity index (χ1n) is 5.57. The Kier molecular flexibility index (Phi) is 6.52. The van der Waals surface area contributed by atoms with Gasteiger partial charge in [-0.2, -0.15) is 0 Å². The molecule has 90 valence electrons. The van der Waals surface area contributed by atoms with Crippen LogP contribution in [0.25, 0.3) is 0 Å². The van der Waals surface area contributed by atoms with Crippen LogP contribution in [-0.4, -0.2) is 30.7 Å². The minimum Gasteiger partial charge on any atom is -0.370 e. The molecule has 2 unspecified atom stereocenters. The maximum atomic E-state index is 11.3. The van der Waals surface area contributed by atoms with Crippen LogP contribution >= 0.6 is 0 Å². The zero-order chi connectivity index (χ0) is 11.9. The highest BCUT2D eigenvalue weighted by atomic mass is 16.5. The minimum absolute atomic E-state index is 0.0729. The van der Waals surface area contributed by atoms with Gasteiger partial charge in [-0.25, -0.2) is 0 Å². The van der Waals surface area contributed by atoms with Gasteiger partial charge in [-0.3, -0.25) is 4.79 Å². The number of hydrogen-bond acceptors (Lipinski definition) is 3. The predicted octanol–water partition coefficient (Wildman–Crippen LogP) is 1.05. The summed E-state index contributed by atoms with van der Waals surface area (Å²) in [6.07, 6.45) is 1.76. The van der Waals surface area contributed by atoms with Crippen LogP contribution in [-0.2, 0) is 9.53 Å². The Labute approximate surface area is 92.6 Å². The molecule has 0 saturated heterocycles. The number of nitrogens with two attached hydrogens (primary N) is 1. The summed E-state index contributed by atoms with van der Waals surface area (Å²) in [5, 5.41) is 2.83. The van der Waals surface area contributed by atoms with E-state index in [4.69, 9.17) is 10.5 Å². The maximum absolute atomic E-state index is 11.3. The molecule has 0 aromatic carbocycles. The van der Waals surface area contributed by atoms with E-state index in [0.717, 1.165) is 12.8 Å². The molecule has 0 fully saturated rings. The molecule has 15 heavy (non-hydrogen) atoms. The summed E-state index contributed by atoms with van der Waals surface area (Å²) >= 11 is 0. The van der Waals surface area contributed by atoms with Gasteiger partial charge in [0.15, 0.2) is 0 Å². The van der Waals surface area contributed by atoms with E-state index in [0.29, 0.717) is 6.61 Å². The summed E-state index contributed by atoms with van der Waals surface area (Å²) in [5.74, 6) is -0.0729. The van der Waals surface area contributed by atoms with Crippen LogP contribution in [0.4, 0.5) is 0 Å². The Morgan fingerprint density at radius 3 is 2.60 bits per heavy atom. The fraction of sp³-hybridized carbons (Fsp3) is 0.909. The molecular formula is C11H24N2O2. The molecule has 0 rings (SSSR count). The number of hydrogen-bond donors (Lipinski definition) is 2. The average molecular weight is 216 g/mol. The molecule has 0 aromatic heterocycles. The van der Waals surface area contributed by atoms with Crippen LogP contribution in [0.1, 0.15) is 40.5 Å². The van der Waals surface area contributed by atoms with E-state index in [1.807, 2.05) is 27.7 Å². The average Bonchev–Trinajstić information content (AvgIpc) is 2.17. The summed E-state index contributed by atoms with van der Waals surface area (Å²) in [6.45, 7) is 8.42. The van der Waals surface area contributed by atoms with Crippen molar-refractivity contribution in [1.29, 1.82) is 0 Å². The third-order valence-corrected chi connectivity index (χ3v) is 2.49. The van der Waals surface area contributed by atoms with E-state index in [2.05, 4.69) is 5.32 Å². The van der Waals surface area contributed by atoms with Crippen molar-refractivity contribution in [2.24, 2.45) is 5.73 Å². The molecule has 0 radical (unpaired) electrons. The van der Waals surface area contributed by atoms with Crippen molar-refractivity contribution in [1.82, 2.24) is 5.32 Å². The van der Waals surface area contributed by atoms with Crippen molar-refractivity contribution < 1.29 is 9.53 Å². The SMILES string of the molecule is CCC(C)NC(=O)COCC(C)(N)CC. The largest absolute Gasteiger partial charge is 0.370 e. The number of ether oxygens (including phenoxy) is 1. The van der Waals surface area contributed by atoms with Gasteiger partial charge in [-0.05, 0) is 26.7 Å². The van der Waals surface area contributed by atoms with Gasteiger partial charge in [0.2, 0.25) is 5.91 Å². The fourth-order valence-corrected chi connectivity index (χ4v) is 0.897. The molecule has 0 aromatic rings. The first-order valence-corrected chi connectivity index (χ1v) is 5.57. The highest BCUT2D eigenvalue weighted by Crippen LogP contribution is 2.04. The molecule has 2 atom stereocenters. The van der Waals surface area contributed by atoms with Gasteiger partial charge in [0.1, 0.15) is 6.61 Å². The number of rotatable bonds is 7. The Balaban J connectivity index is 3.64. The van der Waals surface area contributed by atoms with E-state index < -0.39 is 0 Å². The van der Waals surface area contributed by atoms with Crippen molar-refractivity contribution >= 4 is 5.91 Å². The quantitative estimate of drug-likeness (QED) is 0.668. The fourth-order valence-electron chi connectivity index (χ4n) is 0.897. The Bertz CT molecular complexity index is 193. The zero-order valence-electron chi connectivity index (χ0n) is 10.3. The zero-order valence-corrected chi connectivity index (χ0v) is 10.3. The molecule has 0 bridgehead atoms. The molecule has 1 amide bonds. The second-order valence-corrected chi connectivity index (χ2v) is 4.38. The van der Waals surface area contributed by atoms with Crippen molar-refractivity contribution in [3.05, 3.63) is 0 Å². The molecule has 0 heterocycles. The van der Waals surface area contributed by atoms with Gasteiger partial charge in [0.05, 0.1) is 6.61 Å². The molecule has 0 aliphatic heterocycles. The van der Waals surface area contributed by atoms with Crippen LogP contribution in [0, 0.1) is 0 Å². The van der Waals surface area contributed by atoms with E-state index in [9.17, 15) is 4.79 Å². The molecule has 0 aliphatic carbocycles. The number of amides is 1. The molecule has 0 spiro atoms. The van der Waals surface area contributed by atoms with Crippen LogP contribution in [0.15, 0.2) is 0 Å². The highest BCUT2D eigenvalue weighted by molar-refractivity contribution is 5.77. The smallest absolute Gasteiger partial charge is 0.246 e. The van der Waals surface area contributed by atoms with Gasteiger partial charge in [-0.15, -0.1) is 0 Å². The summed E-state index contributed by atoms with van der Waals surface area (Å²) in [5.41, 5.74) is 5.54. The lowest BCUT2D eigenvalue weighted by atomic mass is 10.0. The number of carbonyl (C=O) groups is 1. The lowest BCUT2D eigenvalue weighted by Crippen LogP contribution is -2.42. The van der Waals surface area contributed by atoms with Gasteiger partial charge in [0, 0.05) is 11.6 Å². The minimum atomic E-state index is -0.337. The Morgan fingerprint density at radius 2 is 2.13 bits per heavy atom. The van der Waals surface area contributed by atoms with Crippen molar-refractivity contribution in [3.63, 3.8) is 0 Å². The maximum Gasteiger partial charge on any atom is 0.246 e. The summed E-state index contributed by atoms with van der Waals surface area (Å²) in [6, 6.07) is 0.205. The van der Waals surface area contributed by atoms with Crippen molar-refractivity contribution in [2.45, 2.75) is 52.1 Å². The summed E-state index contributed by atoms with van der Waals surface area (Å²) in [7, 11) is 0. The third-order valence-electron chi connectivity index (χ3n) is 2.49. The summed E-state index contributed by atoms with van der Waals surface area (Å²) < 4.78 is 5.26. The lowest BCUT2D eigenvalue weighted by Gasteiger charge is -2.22. The topological polar surface area (TPSA) is 64.3 Å². The molecule has 4 nitrogen and oxygen atoms in total. The molecule has 3 N–H and O–H groups in total. The second-order valence-electron chi connectivity index (χ2n) is 4.38. The van der Waals surface area contributed by atoms with Gasteiger partial charge >= 0.3 is 0 Å². The van der Waals surface area contributed by atoms with Crippen molar-refractivity contribution in [2.75, 3.05) is 13.2 Å². The predicted molar refractivity (Wildman–Crippen MR) is 61.6 cm³/mol. The van der Waals surface area contributed by atoms with Crippen LogP contribution < -0.4 is 11.1 Å². The highest BCUT2D eigenvalue weighted by Gasteiger charge is 2.16. The second kappa shape index (κ2) is 6.80. The Morgan fingerprint density at radius 1 is 1.53 bits per heavy atom. The molecular weight excluding hydrogens is 192 g/mol. The van der Waals surface area contributed by atoms with E-state index in [-0.39, 0.29) is 24.1 Å². The molecule has 0 saturated carbocycles. The number of carbonyl (C=O) groups excluding carboxylic acids is 1. The van der Waals surface area contributed by atoms with E-state index in [1.165, 1.54) is 0 Å². The monoisotopic (exact) mass is 216 g/mol. The summed E-state index contributed by atoms with van der Waals surface area (Å²) in [4.78, 5) is 11.3. The molecule has 4 heteroatoms.